The molecule has 152 valence electrons. The number of nitrogens with one attached hydrogen (secondary N) is 3. The third-order valence-corrected chi connectivity index (χ3v) is 7.11. The summed E-state index contributed by atoms with van der Waals surface area (Å²) in [7, 11) is 0. The Morgan fingerprint density at radius 3 is 2.62 bits per heavy atom. The zero-order valence-electron chi connectivity index (χ0n) is 17.1. The van der Waals surface area contributed by atoms with Crippen LogP contribution in [0.4, 0.5) is 0 Å². The first-order valence-electron chi connectivity index (χ1n) is 10.7. The van der Waals surface area contributed by atoms with Crippen molar-refractivity contribution in [2.24, 2.45) is 0 Å². The van der Waals surface area contributed by atoms with E-state index in [9.17, 15) is 4.79 Å². The van der Waals surface area contributed by atoms with Gasteiger partial charge in [-0.05, 0) is 35.6 Å². The van der Waals surface area contributed by atoms with Crippen LogP contribution in [-0.4, -0.2) is 44.7 Å². The normalized spacial score (nSPS) is 20.4. The van der Waals surface area contributed by atoms with E-state index in [0.29, 0.717) is 0 Å². The number of fused-ring (bicyclic) bond motifs is 1. The molecule has 0 unspecified atom stereocenters. The Morgan fingerprint density at radius 1 is 1.03 bits per heavy atom. The summed E-state index contributed by atoms with van der Waals surface area (Å²) in [5.41, 5.74) is 1.43. The summed E-state index contributed by atoms with van der Waals surface area (Å²) in [5, 5.41) is 7.91. The Morgan fingerprint density at radius 2 is 1.83 bits per heavy atom. The van der Waals surface area contributed by atoms with Crippen LogP contribution in [0.3, 0.4) is 0 Å². The van der Waals surface area contributed by atoms with Crippen molar-refractivity contribution >= 4 is 28.0 Å². The summed E-state index contributed by atoms with van der Waals surface area (Å²) in [6.07, 6.45) is 0.925. The number of benzene rings is 2. The second kappa shape index (κ2) is 9.53. The van der Waals surface area contributed by atoms with Crippen molar-refractivity contribution in [2.75, 3.05) is 32.7 Å². The largest absolute Gasteiger partial charge is 0.351 e. The van der Waals surface area contributed by atoms with E-state index < -0.39 is 0 Å². The number of amides is 1. The highest BCUT2D eigenvalue weighted by Gasteiger charge is 2.31. The molecule has 1 saturated heterocycles. The maximum absolute atomic E-state index is 12.6. The molecule has 29 heavy (non-hydrogen) atoms. The van der Waals surface area contributed by atoms with Crippen LogP contribution in [0.2, 0.25) is 0 Å². The highest BCUT2D eigenvalue weighted by molar-refractivity contribution is 7.09. The molecule has 1 atom stereocenters. The number of carbonyl (C=O) groups is 1. The van der Waals surface area contributed by atoms with Crippen LogP contribution in [-0.2, 0) is 17.8 Å². The van der Waals surface area contributed by atoms with Gasteiger partial charge in [0, 0.05) is 17.0 Å². The van der Waals surface area contributed by atoms with Gasteiger partial charge in [-0.25, -0.2) is 0 Å². The average Bonchev–Trinajstić information content (AvgIpc) is 3.27. The van der Waals surface area contributed by atoms with E-state index in [2.05, 4.69) is 72.2 Å². The molecule has 3 N–H and O–H groups in total. The summed E-state index contributed by atoms with van der Waals surface area (Å²) < 4.78 is 0. The molecule has 2 aromatic carbocycles. The molecule has 1 aromatic heterocycles. The third kappa shape index (κ3) is 5.04. The van der Waals surface area contributed by atoms with Crippen molar-refractivity contribution < 1.29 is 14.6 Å². The molecule has 0 bridgehead atoms. The first-order valence-corrected chi connectivity index (χ1v) is 11.5. The minimum atomic E-state index is 0.0254. The molecule has 4 nitrogen and oxygen atoms in total. The molecule has 2 heterocycles. The quantitative estimate of drug-likeness (QED) is 0.534. The van der Waals surface area contributed by atoms with Gasteiger partial charge in [0.25, 0.3) is 5.91 Å². The van der Waals surface area contributed by atoms with Gasteiger partial charge in [-0.1, -0.05) is 48.5 Å². The minimum absolute atomic E-state index is 0.0254. The van der Waals surface area contributed by atoms with E-state index in [0.717, 1.165) is 45.7 Å². The Kier molecular flexibility index (Phi) is 6.60. The van der Waals surface area contributed by atoms with E-state index in [1.807, 2.05) is 0 Å². The number of hydrogen-bond donors (Lipinski definition) is 3. The number of hydrogen-bond acceptors (Lipinski definition) is 2. The summed E-state index contributed by atoms with van der Waals surface area (Å²) >= 11 is 1.75. The molecular formula is C24H31N3OS+2. The molecule has 4 rings (SSSR count). The standard InChI is InChI=1S/C24H29N3OS/c1-19(24(28)25-12-11-22-9-5-17-29-22)27-15-13-26(14-16-27)18-21-8-4-7-20-6-2-3-10-23(20)21/h2-10,17,19H,11-16,18H2,1H3,(H,25,28)/p+2/t19-/m0/s1. The van der Waals surface area contributed by atoms with Gasteiger partial charge in [0.15, 0.2) is 6.04 Å². The van der Waals surface area contributed by atoms with Crippen molar-refractivity contribution in [3.05, 3.63) is 70.4 Å². The lowest BCUT2D eigenvalue weighted by molar-refractivity contribution is -1.02. The number of thiophene rings is 1. The maximum atomic E-state index is 12.6. The molecule has 0 spiro atoms. The molecule has 3 aromatic rings. The minimum Gasteiger partial charge on any atom is -0.351 e. The number of carbonyl (C=O) groups excluding carboxylic acids is 1. The van der Waals surface area contributed by atoms with Gasteiger partial charge in [0.1, 0.15) is 32.7 Å². The van der Waals surface area contributed by atoms with E-state index in [4.69, 9.17) is 0 Å². The zero-order valence-corrected chi connectivity index (χ0v) is 17.9. The van der Waals surface area contributed by atoms with E-state index in [1.165, 1.54) is 26.1 Å². The van der Waals surface area contributed by atoms with Crippen LogP contribution in [0.15, 0.2) is 60.0 Å². The predicted octanol–water partition coefficient (Wildman–Crippen LogP) is 0.932. The number of piperazine rings is 1. The molecule has 1 amide bonds. The van der Waals surface area contributed by atoms with Gasteiger partial charge in [0.05, 0.1) is 0 Å². The topological polar surface area (TPSA) is 38.0 Å². The summed E-state index contributed by atoms with van der Waals surface area (Å²) in [6.45, 7) is 8.22. The van der Waals surface area contributed by atoms with Gasteiger partial charge in [-0.3, -0.25) is 4.79 Å². The van der Waals surface area contributed by atoms with E-state index in [-0.39, 0.29) is 11.9 Å². The predicted molar refractivity (Wildman–Crippen MR) is 120 cm³/mol. The number of quaternary nitrogens is 2. The molecule has 0 aliphatic carbocycles. The van der Waals surface area contributed by atoms with Crippen molar-refractivity contribution in [1.82, 2.24) is 5.32 Å². The SMILES string of the molecule is C[C@@H](C(=O)NCCc1cccs1)[NH+]1CC[NH+](Cc2cccc3ccccc23)CC1. The van der Waals surface area contributed by atoms with Crippen molar-refractivity contribution in [3.8, 4) is 0 Å². The summed E-state index contributed by atoms with van der Waals surface area (Å²) in [4.78, 5) is 16.9. The fourth-order valence-corrected chi connectivity index (χ4v) is 5.06. The first-order chi connectivity index (χ1) is 14.2. The smallest absolute Gasteiger partial charge is 0.278 e. The molecule has 5 heteroatoms. The van der Waals surface area contributed by atoms with E-state index >= 15 is 0 Å². The molecular weight excluding hydrogens is 378 g/mol. The Bertz CT molecular complexity index is 927. The highest BCUT2D eigenvalue weighted by Crippen LogP contribution is 2.17. The fourth-order valence-electron chi connectivity index (χ4n) is 4.35. The van der Waals surface area contributed by atoms with Gasteiger partial charge in [0.2, 0.25) is 0 Å². The highest BCUT2D eigenvalue weighted by atomic mass is 32.1. The second-order valence-corrected chi connectivity index (χ2v) is 9.10. The number of rotatable bonds is 7. The Hall–Kier alpha value is -2.21. The van der Waals surface area contributed by atoms with Gasteiger partial charge < -0.3 is 15.1 Å². The molecule has 1 fully saturated rings. The van der Waals surface area contributed by atoms with Crippen molar-refractivity contribution in [2.45, 2.75) is 25.9 Å². The summed E-state index contributed by atoms with van der Waals surface area (Å²) in [6, 6.07) is 19.5. The fraction of sp³-hybridized carbons (Fsp3) is 0.375. The van der Waals surface area contributed by atoms with Crippen LogP contribution >= 0.6 is 11.3 Å². The lowest BCUT2D eigenvalue weighted by Gasteiger charge is -2.32. The van der Waals surface area contributed by atoms with Crippen LogP contribution < -0.4 is 15.1 Å². The summed E-state index contributed by atoms with van der Waals surface area (Å²) in [5.74, 6) is 0.189. The monoisotopic (exact) mass is 409 g/mol. The van der Waals surface area contributed by atoms with Crippen LogP contribution in [0.1, 0.15) is 17.4 Å². The average molecular weight is 410 g/mol. The van der Waals surface area contributed by atoms with Gasteiger partial charge in [-0.2, -0.15) is 0 Å². The van der Waals surface area contributed by atoms with Crippen molar-refractivity contribution in [3.63, 3.8) is 0 Å². The second-order valence-electron chi connectivity index (χ2n) is 8.07. The third-order valence-electron chi connectivity index (χ3n) is 6.18. The molecule has 1 aliphatic heterocycles. The first kappa shape index (κ1) is 20.1. The molecule has 1 aliphatic rings. The van der Waals surface area contributed by atoms with Crippen LogP contribution in [0, 0.1) is 0 Å². The Labute approximate surface area is 177 Å². The lowest BCUT2D eigenvalue weighted by Crippen LogP contribution is -3.29. The van der Waals surface area contributed by atoms with Crippen LogP contribution in [0.5, 0.6) is 0 Å². The van der Waals surface area contributed by atoms with E-state index in [1.54, 1.807) is 16.2 Å². The lowest BCUT2D eigenvalue weighted by atomic mass is 10.0. The van der Waals surface area contributed by atoms with Gasteiger partial charge in [-0.15, -0.1) is 11.3 Å². The molecule has 0 saturated carbocycles. The van der Waals surface area contributed by atoms with Crippen molar-refractivity contribution in [1.29, 1.82) is 0 Å². The maximum Gasteiger partial charge on any atom is 0.278 e. The van der Waals surface area contributed by atoms with Crippen LogP contribution in [0.25, 0.3) is 10.8 Å². The molecule has 0 radical (unpaired) electrons. The Balaban J connectivity index is 1.25. The zero-order chi connectivity index (χ0) is 20.1. The van der Waals surface area contributed by atoms with Gasteiger partial charge >= 0.3 is 0 Å².